The van der Waals surface area contributed by atoms with E-state index in [1.807, 2.05) is 0 Å². The van der Waals surface area contributed by atoms with E-state index in [-0.39, 0.29) is 0 Å². The summed E-state index contributed by atoms with van der Waals surface area (Å²) >= 11 is 0. The van der Waals surface area contributed by atoms with E-state index in [1.54, 1.807) is 0 Å². The lowest BCUT2D eigenvalue weighted by Gasteiger charge is -2.09. The van der Waals surface area contributed by atoms with E-state index in [4.69, 9.17) is 10.3 Å². The lowest BCUT2D eigenvalue weighted by Crippen LogP contribution is -2.04. The third kappa shape index (κ3) is 3.02. The molecule has 0 unspecified atom stereocenters. The summed E-state index contributed by atoms with van der Waals surface area (Å²) in [6.45, 7) is 0.369. The average Bonchev–Trinajstić information content (AvgIpc) is 2.54. The molecule has 0 radical (unpaired) electrons. The van der Waals surface area contributed by atoms with Gasteiger partial charge in [-0.1, -0.05) is 30.8 Å². The zero-order chi connectivity index (χ0) is 10.5. The highest BCUT2D eigenvalue weighted by Gasteiger charge is 2.16. The molecule has 0 spiro atoms. The third-order valence-electron chi connectivity index (χ3n) is 3.13. The highest BCUT2D eigenvalue weighted by Crippen LogP contribution is 2.25. The number of aromatic nitrogens is 2. The molecule has 4 nitrogen and oxygen atoms in total. The predicted octanol–water partition coefficient (Wildman–Crippen LogP) is 2.04. The van der Waals surface area contributed by atoms with Crippen LogP contribution in [0.1, 0.15) is 50.2 Å². The summed E-state index contributed by atoms with van der Waals surface area (Å²) in [6, 6.07) is 0. The second-order valence-corrected chi connectivity index (χ2v) is 4.37. The van der Waals surface area contributed by atoms with Crippen LogP contribution in [0.4, 0.5) is 0 Å². The van der Waals surface area contributed by atoms with Crippen molar-refractivity contribution in [1.29, 1.82) is 0 Å². The van der Waals surface area contributed by atoms with Crippen LogP contribution in [0, 0.1) is 5.92 Å². The molecule has 0 saturated heterocycles. The normalized spacial score (nSPS) is 19.0. The molecule has 0 bridgehead atoms. The van der Waals surface area contributed by atoms with Crippen LogP contribution in [-0.2, 0) is 13.0 Å². The second kappa shape index (κ2) is 5.26. The van der Waals surface area contributed by atoms with Gasteiger partial charge in [-0.25, -0.2) is 0 Å². The molecule has 2 N–H and O–H groups in total. The van der Waals surface area contributed by atoms with Gasteiger partial charge in [-0.2, -0.15) is 4.98 Å². The smallest absolute Gasteiger partial charge is 0.226 e. The number of rotatable bonds is 3. The van der Waals surface area contributed by atoms with E-state index in [0.717, 1.165) is 18.2 Å². The van der Waals surface area contributed by atoms with Gasteiger partial charge in [0.1, 0.15) is 0 Å². The van der Waals surface area contributed by atoms with E-state index in [0.29, 0.717) is 12.4 Å². The Morgan fingerprint density at radius 2 is 1.93 bits per heavy atom. The zero-order valence-electron chi connectivity index (χ0n) is 9.11. The fourth-order valence-electron chi connectivity index (χ4n) is 2.27. The molecule has 0 amide bonds. The number of nitrogens with zero attached hydrogens (tertiary/aromatic N) is 2. The van der Waals surface area contributed by atoms with Gasteiger partial charge in [-0.15, -0.1) is 0 Å². The predicted molar refractivity (Wildman–Crippen MR) is 57.1 cm³/mol. The Bertz CT molecular complexity index is 290. The molecule has 0 aromatic carbocycles. The van der Waals surface area contributed by atoms with Crippen molar-refractivity contribution in [2.75, 3.05) is 0 Å². The van der Waals surface area contributed by atoms with Crippen molar-refractivity contribution >= 4 is 0 Å². The van der Waals surface area contributed by atoms with Crippen molar-refractivity contribution in [2.24, 2.45) is 11.7 Å². The average molecular weight is 209 g/mol. The third-order valence-corrected chi connectivity index (χ3v) is 3.13. The molecule has 0 aliphatic heterocycles. The van der Waals surface area contributed by atoms with Crippen LogP contribution >= 0.6 is 0 Å². The van der Waals surface area contributed by atoms with Crippen molar-refractivity contribution in [3.63, 3.8) is 0 Å². The van der Waals surface area contributed by atoms with Crippen LogP contribution in [0.15, 0.2) is 4.52 Å². The highest BCUT2D eigenvalue weighted by molar-refractivity contribution is 4.87. The van der Waals surface area contributed by atoms with Gasteiger partial charge in [0.15, 0.2) is 5.82 Å². The first-order valence-corrected chi connectivity index (χ1v) is 5.90. The van der Waals surface area contributed by atoms with Gasteiger partial charge in [0, 0.05) is 6.42 Å². The van der Waals surface area contributed by atoms with E-state index in [2.05, 4.69) is 10.1 Å². The number of nitrogens with two attached hydrogens (primary N) is 1. The molecule has 2 rings (SSSR count). The first-order chi connectivity index (χ1) is 7.38. The van der Waals surface area contributed by atoms with Gasteiger partial charge in [0.2, 0.25) is 5.89 Å². The lowest BCUT2D eigenvalue weighted by molar-refractivity contribution is 0.336. The molecule has 15 heavy (non-hydrogen) atoms. The van der Waals surface area contributed by atoms with E-state index >= 15 is 0 Å². The molecule has 1 heterocycles. The van der Waals surface area contributed by atoms with Gasteiger partial charge in [0.05, 0.1) is 6.54 Å². The molecule has 0 atom stereocenters. The minimum absolute atomic E-state index is 0.369. The molecule has 4 heteroatoms. The monoisotopic (exact) mass is 209 g/mol. The van der Waals surface area contributed by atoms with Crippen molar-refractivity contribution in [3.8, 4) is 0 Å². The summed E-state index contributed by atoms with van der Waals surface area (Å²) in [5, 5.41) is 3.81. The standard InChI is InChI=1S/C11H19N3O/c12-8-10-13-11(15-14-10)7-9-5-3-1-2-4-6-9/h9H,1-8,12H2. The van der Waals surface area contributed by atoms with Crippen LogP contribution in [-0.4, -0.2) is 10.1 Å². The van der Waals surface area contributed by atoms with Gasteiger partial charge >= 0.3 is 0 Å². The lowest BCUT2D eigenvalue weighted by atomic mass is 9.97. The maximum absolute atomic E-state index is 5.44. The molecule has 84 valence electrons. The molecular weight excluding hydrogens is 190 g/mol. The van der Waals surface area contributed by atoms with Crippen LogP contribution in [0.3, 0.4) is 0 Å². The van der Waals surface area contributed by atoms with Crippen LogP contribution in [0.2, 0.25) is 0 Å². The molecular formula is C11H19N3O. The van der Waals surface area contributed by atoms with Gasteiger partial charge < -0.3 is 10.3 Å². The van der Waals surface area contributed by atoms with Crippen LogP contribution < -0.4 is 5.73 Å². The minimum atomic E-state index is 0.369. The van der Waals surface area contributed by atoms with Crippen molar-refractivity contribution < 1.29 is 4.52 Å². The second-order valence-electron chi connectivity index (χ2n) is 4.37. The van der Waals surface area contributed by atoms with Crippen molar-refractivity contribution in [2.45, 2.75) is 51.5 Å². The van der Waals surface area contributed by atoms with Gasteiger partial charge in [0.25, 0.3) is 0 Å². The molecule has 1 aromatic rings. The van der Waals surface area contributed by atoms with E-state index < -0.39 is 0 Å². The Morgan fingerprint density at radius 3 is 2.53 bits per heavy atom. The largest absolute Gasteiger partial charge is 0.339 e. The summed E-state index contributed by atoms with van der Waals surface area (Å²) in [4.78, 5) is 4.25. The minimum Gasteiger partial charge on any atom is -0.339 e. The van der Waals surface area contributed by atoms with Gasteiger partial charge in [-0.05, 0) is 18.8 Å². The molecule has 1 aromatic heterocycles. The summed E-state index contributed by atoms with van der Waals surface area (Å²) in [6.07, 6.45) is 9.02. The number of hydrogen-bond acceptors (Lipinski definition) is 4. The molecule has 1 saturated carbocycles. The van der Waals surface area contributed by atoms with Gasteiger partial charge in [-0.3, -0.25) is 0 Å². The Hall–Kier alpha value is -0.900. The Morgan fingerprint density at radius 1 is 1.20 bits per heavy atom. The maximum atomic E-state index is 5.44. The number of hydrogen-bond donors (Lipinski definition) is 1. The Kier molecular flexibility index (Phi) is 3.72. The van der Waals surface area contributed by atoms with Crippen LogP contribution in [0.25, 0.3) is 0 Å². The SMILES string of the molecule is NCc1noc(CC2CCCCCC2)n1. The Balaban J connectivity index is 1.89. The topological polar surface area (TPSA) is 64.9 Å². The summed E-state index contributed by atoms with van der Waals surface area (Å²) in [5.41, 5.74) is 5.44. The molecule has 1 fully saturated rings. The van der Waals surface area contributed by atoms with Crippen LogP contribution in [0.5, 0.6) is 0 Å². The van der Waals surface area contributed by atoms with E-state index in [1.165, 1.54) is 38.5 Å². The van der Waals surface area contributed by atoms with Crippen molar-refractivity contribution in [1.82, 2.24) is 10.1 Å². The maximum Gasteiger partial charge on any atom is 0.226 e. The van der Waals surface area contributed by atoms with Crippen molar-refractivity contribution in [3.05, 3.63) is 11.7 Å². The zero-order valence-corrected chi connectivity index (χ0v) is 9.11. The molecule has 1 aliphatic rings. The summed E-state index contributed by atoms with van der Waals surface area (Å²) in [7, 11) is 0. The van der Waals surface area contributed by atoms with E-state index in [9.17, 15) is 0 Å². The highest BCUT2D eigenvalue weighted by atomic mass is 16.5. The molecule has 1 aliphatic carbocycles. The summed E-state index contributed by atoms with van der Waals surface area (Å²) < 4.78 is 5.16. The first kappa shape index (κ1) is 10.6. The quantitative estimate of drug-likeness (QED) is 0.774. The summed E-state index contributed by atoms with van der Waals surface area (Å²) in [5.74, 6) is 2.12. The fraction of sp³-hybridized carbons (Fsp3) is 0.818. The Labute approximate surface area is 90.2 Å². The fourth-order valence-corrected chi connectivity index (χ4v) is 2.27. The first-order valence-electron chi connectivity index (χ1n) is 5.90.